The second kappa shape index (κ2) is 6.97. The minimum Gasteiger partial charge on any atom is -0.484 e. The minimum atomic E-state index is -0.0493. The number of carbonyl (C=O) groups excluding carboxylic acids is 1. The van der Waals surface area contributed by atoms with Crippen LogP contribution in [-0.2, 0) is 4.79 Å². The highest BCUT2D eigenvalue weighted by Gasteiger charge is 2.38. The standard InChI is InChI=1S/C18H24N2O2/c1-2-14-12-20-9-8-15(14)10-16(20)11-19-18(21)13-22-17-6-4-3-5-7-17/h2-7,14-16H,1,8-13H2,(H,19,21)/t14-,15+,16-/m1/s1. The molecule has 4 heteroatoms. The van der Waals surface area contributed by atoms with Crippen LogP contribution in [0.2, 0.25) is 0 Å². The highest BCUT2D eigenvalue weighted by atomic mass is 16.5. The molecule has 1 unspecified atom stereocenters. The van der Waals surface area contributed by atoms with Crippen LogP contribution in [-0.4, -0.2) is 43.1 Å². The average Bonchev–Trinajstić information content (AvgIpc) is 2.59. The number of amides is 1. The van der Waals surface area contributed by atoms with Crippen molar-refractivity contribution in [3.63, 3.8) is 0 Å². The lowest BCUT2D eigenvalue weighted by Crippen LogP contribution is -2.56. The Balaban J connectivity index is 1.41. The van der Waals surface area contributed by atoms with Crippen molar-refractivity contribution in [3.05, 3.63) is 43.0 Å². The molecular formula is C18H24N2O2. The minimum absolute atomic E-state index is 0.0493. The number of fused-ring (bicyclic) bond motifs is 3. The van der Waals surface area contributed by atoms with Gasteiger partial charge in [0.1, 0.15) is 5.75 Å². The van der Waals surface area contributed by atoms with Crippen LogP contribution in [0.5, 0.6) is 5.75 Å². The first kappa shape index (κ1) is 15.1. The lowest BCUT2D eigenvalue weighted by molar-refractivity contribution is -0.123. The van der Waals surface area contributed by atoms with E-state index in [9.17, 15) is 4.79 Å². The molecular weight excluding hydrogens is 276 g/mol. The van der Waals surface area contributed by atoms with E-state index in [1.54, 1.807) is 0 Å². The average molecular weight is 300 g/mol. The number of carbonyl (C=O) groups is 1. The fourth-order valence-electron chi connectivity index (χ4n) is 3.61. The summed E-state index contributed by atoms with van der Waals surface area (Å²) < 4.78 is 5.47. The predicted octanol–water partition coefficient (Wildman–Crippen LogP) is 2.08. The highest BCUT2D eigenvalue weighted by molar-refractivity contribution is 5.77. The molecule has 0 radical (unpaired) electrons. The number of rotatable bonds is 6. The summed E-state index contributed by atoms with van der Waals surface area (Å²) in [6.45, 7) is 6.98. The normalized spacial score (nSPS) is 29.8. The van der Waals surface area contributed by atoms with E-state index in [1.807, 2.05) is 30.3 Å². The number of nitrogens with zero attached hydrogens (tertiary/aromatic N) is 1. The van der Waals surface area contributed by atoms with E-state index in [2.05, 4.69) is 22.9 Å². The Morgan fingerprint density at radius 2 is 2.23 bits per heavy atom. The summed E-state index contributed by atoms with van der Waals surface area (Å²) in [5.74, 6) is 2.05. The molecule has 118 valence electrons. The molecule has 1 amide bonds. The van der Waals surface area contributed by atoms with Gasteiger partial charge in [-0.25, -0.2) is 0 Å². The molecule has 2 bridgehead atoms. The van der Waals surface area contributed by atoms with Crippen molar-refractivity contribution >= 4 is 5.91 Å². The van der Waals surface area contributed by atoms with Crippen LogP contribution in [0, 0.1) is 11.8 Å². The fraction of sp³-hybridized carbons (Fsp3) is 0.500. The second-order valence-corrected chi connectivity index (χ2v) is 6.24. The summed E-state index contributed by atoms with van der Waals surface area (Å²) >= 11 is 0. The number of hydrogen-bond donors (Lipinski definition) is 1. The Morgan fingerprint density at radius 3 is 2.91 bits per heavy atom. The molecule has 1 aromatic rings. The van der Waals surface area contributed by atoms with Gasteiger partial charge < -0.3 is 10.1 Å². The monoisotopic (exact) mass is 300 g/mol. The summed E-state index contributed by atoms with van der Waals surface area (Å²) in [6.07, 6.45) is 4.52. The van der Waals surface area contributed by atoms with Crippen molar-refractivity contribution < 1.29 is 9.53 Å². The Labute approximate surface area is 132 Å². The van der Waals surface area contributed by atoms with Crippen molar-refractivity contribution in [2.75, 3.05) is 26.2 Å². The maximum atomic E-state index is 11.9. The number of hydrogen-bond acceptors (Lipinski definition) is 3. The zero-order valence-corrected chi connectivity index (χ0v) is 12.9. The SMILES string of the molecule is C=C[C@@H]1CN2CC[C@H]1C[C@@H]2CNC(=O)COc1ccccc1. The third-order valence-corrected chi connectivity index (χ3v) is 4.88. The molecule has 0 spiro atoms. The van der Waals surface area contributed by atoms with Crippen LogP contribution in [0.4, 0.5) is 0 Å². The topological polar surface area (TPSA) is 41.6 Å². The fourth-order valence-corrected chi connectivity index (χ4v) is 3.61. The van der Waals surface area contributed by atoms with Gasteiger partial charge >= 0.3 is 0 Å². The molecule has 0 saturated carbocycles. The van der Waals surface area contributed by atoms with E-state index >= 15 is 0 Å². The van der Waals surface area contributed by atoms with E-state index in [1.165, 1.54) is 6.42 Å². The zero-order valence-electron chi connectivity index (χ0n) is 12.9. The van der Waals surface area contributed by atoms with Gasteiger partial charge in [0, 0.05) is 19.1 Å². The first-order chi connectivity index (χ1) is 10.8. The van der Waals surface area contributed by atoms with E-state index in [-0.39, 0.29) is 12.5 Å². The van der Waals surface area contributed by atoms with Crippen LogP contribution >= 0.6 is 0 Å². The lowest BCUT2D eigenvalue weighted by Gasteiger charge is -2.49. The molecule has 3 fully saturated rings. The molecule has 0 aromatic heterocycles. The summed E-state index contributed by atoms with van der Waals surface area (Å²) in [6, 6.07) is 9.90. The van der Waals surface area contributed by atoms with Gasteiger partial charge in [-0.2, -0.15) is 0 Å². The predicted molar refractivity (Wildman–Crippen MR) is 86.7 cm³/mol. The molecule has 3 aliphatic rings. The lowest BCUT2D eigenvalue weighted by atomic mass is 9.75. The van der Waals surface area contributed by atoms with Crippen LogP contribution in [0.1, 0.15) is 12.8 Å². The first-order valence-electron chi connectivity index (χ1n) is 8.07. The Morgan fingerprint density at radius 1 is 1.41 bits per heavy atom. The van der Waals surface area contributed by atoms with Crippen LogP contribution in [0.25, 0.3) is 0 Å². The number of piperidine rings is 3. The van der Waals surface area contributed by atoms with Gasteiger partial charge in [-0.3, -0.25) is 9.69 Å². The molecule has 4 rings (SSSR count). The number of para-hydroxylation sites is 1. The molecule has 4 nitrogen and oxygen atoms in total. The summed E-state index contributed by atoms with van der Waals surface area (Å²) in [5, 5.41) is 3.01. The van der Waals surface area contributed by atoms with Gasteiger partial charge in [-0.1, -0.05) is 24.3 Å². The first-order valence-corrected chi connectivity index (χ1v) is 8.07. The second-order valence-electron chi connectivity index (χ2n) is 6.24. The van der Waals surface area contributed by atoms with Gasteiger partial charge in [0.05, 0.1) is 0 Å². The third kappa shape index (κ3) is 3.50. The third-order valence-electron chi connectivity index (χ3n) is 4.88. The van der Waals surface area contributed by atoms with Gasteiger partial charge in [-0.05, 0) is 43.4 Å². The van der Waals surface area contributed by atoms with Crippen molar-refractivity contribution in [3.8, 4) is 5.75 Å². The summed E-state index contributed by atoms with van der Waals surface area (Å²) in [4.78, 5) is 14.4. The molecule has 22 heavy (non-hydrogen) atoms. The molecule has 3 saturated heterocycles. The molecule has 1 aromatic carbocycles. The van der Waals surface area contributed by atoms with Crippen LogP contribution in [0.15, 0.2) is 43.0 Å². The molecule has 3 heterocycles. The maximum Gasteiger partial charge on any atom is 0.257 e. The van der Waals surface area contributed by atoms with Gasteiger partial charge in [0.25, 0.3) is 5.91 Å². The van der Waals surface area contributed by atoms with Crippen LogP contribution < -0.4 is 10.1 Å². The van der Waals surface area contributed by atoms with Crippen molar-refractivity contribution in [1.82, 2.24) is 10.2 Å². The van der Waals surface area contributed by atoms with E-state index < -0.39 is 0 Å². The zero-order chi connectivity index (χ0) is 15.4. The van der Waals surface area contributed by atoms with Gasteiger partial charge in [-0.15, -0.1) is 6.58 Å². The number of nitrogens with one attached hydrogen (secondary N) is 1. The van der Waals surface area contributed by atoms with Gasteiger partial charge in [0.15, 0.2) is 6.61 Å². The summed E-state index contributed by atoms with van der Waals surface area (Å²) in [7, 11) is 0. The van der Waals surface area contributed by atoms with Crippen LogP contribution in [0.3, 0.4) is 0 Å². The Bertz CT molecular complexity index is 517. The smallest absolute Gasteiger partial charge is 0.257 e. The van der Waals surface area contributed by atoms with Crippen molar-refractivity contribution in [2.45, 2.75) is 18.9 Å². The van der Waals surface area contributed by atoms with E-state index in [0.29, 0.717) is 12.0 Å². The summed E-state index contributed by atoms with van der Waals surface area (Å²) in [5.41, 5.74) is 0. The number of ether oxygens (including phenoxy) is 1. The van der Waals surface area contributed by atoms with Gasteiger partial charge in [0.2, 0.25) is 0 Å². The molecule has 4 atom stereocenters. The molecule has 1 N–H and O–H groups in total. The van der Waals surface area contributed by atoms with Crippen molar-refractivity contribution in [1.29, 1.82) is 0 Å². The van der Waals surface area contributed by atoms with Crippen molar-refractivity contribution in [2.24, 2.45) is 11.8 Å². The maximum absolute atomic E-state index is 11.9. The van der Waals surface area contributed by atoms with E-state index in [4.69, 9.17) is 4.74 Å². The quantitative estimate of drug-likeness (QED) is 0.818. The Kier molecular flexibility index (Phi) is 4.78. The number of benzene rings is 1. The molecule has 0 aliphatic carbocycles. The largest absolute Gasteiger partial charge is 0.484 e. The molecule has 3 aliphatic heterocycles. The van der Waals surface area contributed by atoms with E-state index in [0.717, 1.165) is 37.7 Å². The Hall–Kier alpha value is -1.81. The highest BCUT2D eigenvalue weighted by Crippen LogP contribution is 2.36.